The number of carbonyl (C=O) groups is 2. The van der Waals surface area contributed by atoms with Gasteiger partial charge in [-0.25, -0.2) is 0 Å². The zero-order chi connectivity index (χ0) is 15.5. The molecule has 0 atom stereocenters. The first-order chi connectivity index (χ1) is 10.1. The van der Waals surface area contributed by atoms with Crippen molar-refractivity contribution < 1.29 is 19.4 Å². The molecule has 0 unspecified atom stereocenters. The van der Waals surface area contributed by atoms with Crippen LogP contribution in [0.5, 0.6) is 0 Å². The largest absolute Gasteiger partial charge is 0.481 e. The molecule has 1 amide bonds. The number of ether oxygens (including phenoxy) is 1. The number of hydrogen-bond acceptors (Lipinski definition) is 3. The minimum absolute atomic E-state index is 0.00214. The third kappa shape index (κ3) is 7.46. The standard InChI is InChI=1S/C16H23NO4/c1-2-21-12-10-15(18)17(11-6-9-16(19)20)13-14-7-4-3-5-8-14/h3-5,7-8H,2,6,9-13H2,1H3,(H,19,20). The lowest BCUT2D eigenvalue weighted by Gasteiger charge is -2.22. The molecule has 0 aromatic heterocycles. The molecule has 1 aromatic rings. The van der Waals surface area contributed by atoms with Crippen LogP contribution in [0.4, 0.5) is 0 Å². The second kappa shape index (κ2) is 9.94. The summed E-state index contributed by atoms with van der Waals surface area (Å²) in [6.07, 6.45) is 0.861. The number of carboxylic acid groups (broad SMARTS) is 1. The number of carboxylic acids is 1. The highest BCUT2D eigenvalue weighted by atomic mass is 16.5. The minimum atomic E-state index is -0.837. The first-order valence-electron chi connectivity index (χ1n) is 7.24. The van der Waals surface area contributed by atoms with Crippen LogP contribution in [0, 0.1) is 0 Å². The summed E-state index contributed by atoms with van der Waals surface area (Å²) in [7, 11) is 0. The van der Waals surface area contributed by atoms with E-state index in [1.807, 2.05) is 37.3 Å². The number of rotatable bonds is 10. The molecule has 0 aliphatic heterocycles. The van der Waals surface area contributed by atoms with Crippen molar-refractivity contribution in [1.82, 2.24) is 4.90 Å². The highest BCUT2D eigenvalue weighted by Crippen LogP contribution is 2.08. The lowest BCUT2D eigenvalue weighted by molar-refractivity contribution is -0.138. The molecule has 21 heavy (non-hydrogen) atoms. The van der Waals surface area contributed by atoms with Crippen molar-refractivity contribution in [3.63, 3.8) is 0 Å². The minimum Gasteiger partial charge on any atom is -0.481 e. The Morgan fingerprint density at radius 2 is 1.90 bits per heavy atom. The lowest BCUT2D eigenvalue weighted by Crippen LogP contribution is -2.32. The second-order valence-corrected chi connectivity index (χ2v) is 4.75. The van der Waals surface area contributed by atoms with Gasteiger partial charge in [-0.15, -0.1) is 0 Å². The molecule has 1 rings (SSSR count). The van der Waals surface area contributed by atoms with E-state index in [2.05, 4.69) is 0 Å². The average molecular weight is 293 g/mol. The van der Waals surface area contributed by atoms with Crippen molar-refractivity contribution >= 4 is 11.9 Å². The van der Waals surface area contributed by atoms with Crippen molar-refractivity contribution in [1.29, 1.82) is 0 Å². The Morgan fingerprint density at radius 3 is 2.52 bits per heavy atom. The monoisotopic (exact) mass is 293 g/mol. The van der Waals surface area contributed by atoms with Crippen LogP contribution in [0.2, 0.25) is 0 Å². The van der Waals surface area contributed by atoms with E-state index in [9.17, 15) is 9.59 Å². The number of benzene rings is 1. The Kier molecular flexibility index (Phi) is 8.12. The van der Waals surface area contributed by atoms with Crippen LogP contribution in [0.15, 0.2) is 30.3 Å². The summed E-state index contributed by atoms with van der Waals surface area (Å²) in [6.45, 7) is 3.83. The van der Waals surface area contributed by atoms with Gasteiger partial charge in [-0.1, -0.05) is 30.3 Å². The summed E-state index contributed by atoms with van der Waals surface area (Å²) >= 11 is 0. The molecule has 5 heteroatoms. The van der Waals surface area contributed by atoms with Crippen molar-refractivity contribution in [3.8, 4) is 0 Å². The van der Waals surface area contributed by atoms with Gasteiger partial charge in [-0.3, -0.25) is 9.59 Å². The van der Waals surface area contributed by atoms with Crippen LogP contribution in [-0.4, -0.2) is 41.6 Å². The topological polar surface area (TPSA) is 66.8 Å². The van der Waals surface area contributed by atoms with Crippen LogP contribution < -0.4 is 0 Å². The highest BCUT2D eigenvalue weighted by Gasteiger charge is 2.14. The molecule has 0 saturated heterocycles. The molecule has 0 heterocycles. The summed E-state index contributed by atoms with van der Waals surface area (Å²) in [4.78, 5) is 24.5. The van der Waals surface area contributed by atoms with E-state index in [1.54, 1.807) is 4.90 Å². The molecule has 1 aromatic carbocycles. The molecule has 0 spiro atoms. The molecule has 116 valence electrons. The maximum atomic E-state index is 12.2. The fourth-order valence-electron chi connectivity index (χ4n) is 1.98. The molecule has 0 saturated carbocycles. The Bertz CT molecular complexity index is 433. The van der Waals surface area contributed by atoms with Gasteiger partial charge in [0.15, 0.2) is 0 Å². The Balaban J connectivity index is 2.55. The van der Waals surface area contributed by atoms with Crippen LogP contribution >= 0.6 is 0 Å². The molecular formula is C16H23NO4. The first-order valence-corrected chi connectivity index (χ1v) is 7.24. The third-order valence-electron chi connectivity index (χ3n) is 3.05. The molecule has 0 bridgehead atoms. The summed E-state index contributed by atoms with van der Waals surface area (Å²) < 4.78 is 5.21. The van der Waals surface area contributed by atoms with Crippen molar-refractivity contribution in [3.05, 3.63) is 35.9 Å². The van der Waals surface area contributed by atoms with E-state index >= 15 is 0 Å². The molecular weight excluding hydrogens is 270 g/mol. The molecule has 1 N–H and O–H groups in total. The number of nitrogens with zero attached hydrogens (tertiary/aromatic N) is 1. The van der Waals surface area contributed by atoms with E-state index in [0.717, 1.165) is 5.56 Å². The smallest absolute Gasteiger partial charge is 0.303 e. The number of amides is 1. The zero-order valence-electron chi connectivity index (χ0n) is 12.5. The van der Waals surface area contributed by atoms with Gasteiger partial charge in [0.2, 0.25) is 5.91 Å². The number of hydrogen-bond donors (Lipinski definition) is 1. The summed E-state index contributed by atoms with van der Waals surface area (Å²) in [5.74, 6) is -0.839. The third-order valence-corrected chi connectivity index (χ3v) is 3.05. The maximum Gasteiger partial charge on any atom is 0.303 e. The van der Waals surface area contributed by atoms with Gasteiger partial charge >= 0.3 is 5.97 Å². The summed E-state index contributed by atoms with van der Waals surface area (Å²) in [5, 5.41) is 8.70. The van der Waals surface area contributed by atoms with E-state index in [4.69, 9.17) is 9.84 Å². The number of aliphatic carboxylic acids is 1. The fourth-order valence-corrected chi connectivity index (χ4v) is 1.98. The summed E-state index contributed by atoms with van der Waals surface area (Å²) in [6, 6.07) is 9.69. The fraction of sp³-hybridized carbons (Fsp3) is 0.500. The predicted octanol–water partition coefficient (Wildman–Crippen LogP) is 2.31. The lowest BCUT2D eigenvalue weighted by atomic mass is 10.2. The Morgan fingerprint density at radius 1 is 1.19 bits per heavy atom. The van der Waals surface area contributed by atoms with E-state index in [-0.39, 0.29) is 12.3 Å². The molecule has 0 fully saturated rings. The SMILES string of the molecule is CCOCCC(=O)N(CCCC(=O)O)Cc1ccccc1. The quantitative estimate of drug-likeness (QED) is 0.672. The van der Waals surface area contributed by atoms with Gasteiger partial charge in [-0.05, 0) is 18.9 Å². The van der Waals surface area contributed by atoms with Crippen LogP contribution in [-0.2, 0) is 20.9 Å². The highest BCUT2D eigenvalue weighted by molar-refractivity contribution is 5.76. The predicted molar refractivity (Wildman–Crippen MR) is 79.8 cm³/mol. The van der Waals surface area contributed by atoms with E-state index in [0.29, 0.717) is 39.1 Å². The van der Waals surface area contributed by atoms with Crippen LogP contribution in [0.1, 0.15) is 31.7 Å². The van der Waals surface area contributed by atoms with Gasteiger partial charge in [-0.2, -0.15) is 0 Å². The summed E-state index contributed by atoms with van der Waals surface area (Å²) in [5.41, 5.74) is 1.04. The van der Waals surface area contributed by atoms with Gasteiger partial charge in [0, 0.05) is 26.1 Å². The Labute approximate surface area is 125 Å². The van der Waals surface area contributed by atoms with E-state index in [1.165, 1.54) is 0 Å². The van der Waals surface area contributed by atoms with Crippen molar-refractivity contribution in [2.45, 2.75) is 32.7 Å². The second-order valence-electron chi connectivity index (χ2n) is 4.75. The Hall–Kier alpha value is -1.88. The molecule has 0 aliphatic carbocycles. The molecule has 0 aliphatic rings. The normalized spacial score (nSPS) is 10.3. The first kappa shape index (κ1) is 17.2. The molecule has 0 radical (unpaired) electrons. The van der Waals surface area contributed by atoms with Crippen LogP contribution in [0.3, 0.4) is 0 Å². The van der Waals surface area contributed by atoms with Gasteiger partial charge in [0.25, 0.3) is 0 Å². The van der Waals surface area contributed by atoms with Crippen molar-refractivity contribution in [2.75, 3.05) is 19.8 Å². The average Bonchev–Trinajstić information content (AvgIpc) is 2.47. The van der Waals surface area contributed by atoms with Gasteiger partial charge < -0.3 is 14.7 Å². The maximum absolute atomic E-state index is 12.2. The van der Waals surface area contributed by atoms with Gasteiger partial charge in [0.1, 0.15) is 0 Å². The van der Waals surface area contributed by atoms with Crippen LogP contribution in [0.25, 0.3) is 0 Å². The van der Waals surface area contributed by atoms with Gasteiger partial charge in [0.05, 0.1) is 13.0 Å². The van der Waals surface area contributed by atoms with Crippen molar-refractivity contribution in [2.24, 2.45) is 0 Å². The molecule has 5 nitrogen and oxygen atoms in total. The van der Waals surface area contributed by atoms with E-state index < -0.39 is 5.97 Å². The zero-order valence-corrected chi connectivity index (χ0v) is 12.5. The number of carbonyl (C=O) groups excluding carboxylic acids is 1.